The first-order valence-electron chi connectivity index (χ1n) is 13.6. The Bertz CT molecular complexity index is 1370. The number of amides is 1. The van der Waals surface area contributed by atoms with E-state index >= 15 is 0 Å². The number of carbonyl (C=O) groups excluding carboxylic acids is 1. The molecular formula is C32H37N3O7. The average Bonchev–Trinajstić information content (AvgIpc) is 3.42. The fourth-order valence-corrected chi connectivity index (χ4v) is 4.64. The largest absolute Gasteiger partial charge is 0.497 e. The maximum absolute atomic E-state index is 14.0. The van der Waals surface area contributed by atoms with E-state index in [2.05, 4.69) is 17.4 Å². The zero-order valence-corrected chi connectivity index (χ0v) is 24.1. The minimum Gasteiger partial charge on any atom is -0.497 e. The number of benzene rings is 3. The molecule has 3 N–H and O–H groups in total. The van der Waals surface area contributed by atoms with Crippen molar-refractivity contribution in [2.75, 3.05) is 34.5 Å². The summed E-state index contributed by atoms with van der Waals surface area (Å²) in [6, 6.07) is 20.1. The van der Waals surface area contributed by atoms with Gasteiger partial charge in [-0.05, 0) is 59.7 Å². The van der Waals surface area contributed by atoms with E-state index in [1.165, 1.54) is 0 Å². The first kappa shape index (κ1) is 30.4. The summed E-state index contributed by atoms with van der Waals surface area (Å²) in [7, 11) is 4.75. The average molecular weight is 576 g/mol. The third kappa shape index (κ3) is 7.02. The van der Waals surface area contributed by atoms with E-state index in [-0.39, 0.29) is 18.9 Å². The molecule has 0 bridgehead atoms. The van der Waals surface area contributed by atoms with Crippen molar-refractivity contribution in [1.29, 1.82) is 0 Å². The Hall–Kier alpha value is -4.54. The van der Waals surface area contributed by atoms with Gasteiger partial charge >= 0.3 is 0 Å². The van der Waals surface area contributed by atoms with E-state index in [0.717, 1.165) is 11.1 Å². The molecule has 3 aromatic rings. The minimum absolute atomic E-state index is 0.0600. The third-order valence-corrected chi connectivity index (χ3v) is 6.79. The highest BCUT2D eigenvalue weighted by atomic mass is 16.5. The highest BCUT2D eigenvalue weighted by Gasteiger charge is 2.52. The second-order valence-electron chi connectivity index (χ2n) is 9.59. The molecule has 2 atom stereocenters. The maximum atomic E-state index is 14.0. The Kier molecular flexibility index (Phi) is 10.4. The van der Waals surface area contributed by atoms with Crippen molar-refractivity contribution in [2.24, 2.45) is 4.99 Å². The first-order chi connectivity index (χ1) is 20.5. The molecule has 0 saturated heterocycles. The number of hydrazine groups is 1. The molecule has 3 aromatic carbocycles. The SMILES string of the molecule is C=CC[C@]1(C(=O)NNCc2cc(OC)cc(OC)c2)N=C(c2ccc(OCCCO)cc2)O[C@H]1c1cccc(OC)c1. The molecule has 0 fully saturated rings. The predicted octanol–water partition coefficient (Wildman–Crippen LogP) is 4.13. The van der Waals surface area contributed by atoms with Gasteiger partial charge in [0, 0.05) is 37.6 Å². The van der Waals surface area contributed by atoms with Gasteiger partial charge in [-0.15, -0.1) is 6.58 Å². The summed E-state index contributed by atoms with van der Waals surface area (Å²) in [6.07, 6.45) is 1.65. The number of aliphatic hydroxyl groups excluding tert-OH is 1. The van der Waals surface area contributed by atoms with E-state index in [9.17, 15) is 4.79 Å². The van der Waals surface area contributed by atoms with Gasteiger partial charge in [0.05, 0.1) is 27.9 Å². The van der Waals surface area contributed by atoms with Crippen molar-refractivity contribution < 1.29 is 33.6 Å². The number of nitrogens with zero attached hydrogens (tertiary/aromatic N) is 1. The van der Waals surface area contributed by atoms with Gasteiger partial charge in [0.25, 0.3) is 5.91 Å². The van der Waals surface area contributed by atoms with Crippen LogP contribution in [0.25, 0.3) is 0 Å². The Morgan fingerprint density at radius 2 is 1.71 bits per heavy atom. The lowest BCUT2D eigenvalue weighted by Crippen LogP contribution is -2.52. The summed E-state index contributed by atoms with van der Waals surface area (Å²) >= 11 is 0. The first-order valence-corrected chi connectivity index (χ1v) is 13.6. The van der Waals surface area contributed by atoms with Crippen molar-refractivity contribution in [3.05, 3.63) is 96.1 Å². The van der Waals surface area contributed by atoms with Crippen molar-refractivity contribution in [3.63, 3.8) is 0 Å². The molecule has 42 heavy (non-hydrogen) atoms. The molecular weight excluding hydrogens is 538 g/mol. The van der Waals surface area contributed by atoms with Gasteiger partial charge in [0.2, 0.25) is 5.90 Å². The number of methoxy groups -OCH3 is 3. The van der Waals surface area contributed by atoms with E-state index in [1.807, 2.05) is 48.5 Å². The topological polar surface area (TPSA) is 120 Å². The highest BCUT2D eigenvalue weighted by molar-refractivity contribution is 6.01. The lowest BCUT2D eigenvalue weighted by atomic mass is 9.84. The van der Waals surface area contributed by atoms with Gasteiger partial charge in [-0.1, -0.05) is 18.2 Å². The molecule has 1 aliphatic rings. The van der Waals surface area contributed by atoms with Crippen LogP contribution in [0.3, 0.4) is 0 Å². The number of rotatable bonds is 15. The molecule has 1 amide bonds. The fourth-order valence-electron chi connectivity index (χ4n) is 4.64. The number of nitrogens with one attached hydrogen (secondary N) is 2. The Morgan fingerprint density at radius 1 is 1.00 bits per heavy atom. The van der Waals surface area contributed by atoms with Crippen LogP contribution in [0.4, 0.5) is 0 Å². The molecule has 0 unspecified atom stereocenters. The molecule has 1 aliphatic heterocycles. The second-order valence-corrected chi connectivity index (χ2v) is 9.59. The zero-order valence-electron chi connectivity index (χ0n) is 24.1. The van der Waals surface area contributed by atoms with Crippen molar-refractivity contribution in [1.82, 2.24) is 10.9 Å². The summed E-state index contributed by atoms with van der Waals surface area (Å²) in [5.74, 6) is 2.50. The summed E-state index contributed by atoms with van der Waals surface area (Å²) in [5, 5.41) is 9.00. The van der Waals surface area contributed by atoms with Crippen LogP contribution in [0.5, 0.6) is 23.0 Å². The van der Waals surface area contributed by atoms with Gasteiger partial charge in [-0.2, -0.15) is 0 Å². The van der Waals surface area contributed by atoms with E-state index in [4.69, 9.17) is 33.8 Å². The van der Waals surface area contributed by atoms with Crippen LogP contribution in [0.1, 0.15) is 35.6 Å². The number of ether oxygens (including phenoxy) is 5. The second kappa shape index (κ2) is 14.4. The molecule has 0 aliphatic carbocycles. The van der Waals surface area contributed by atoms with Crippen LogP contribution < -0.4 is 29.8 Å². The number of carbonyl (C=O) groups is 1. The van der Waals surface area contributed by atoms with Crippen LogP contribution >= 0.6 is 0 Å². The van der Waals surface area contributed by atoms with Gasteiger partial charge in [-0.25, -0.2) is 10.4 Å². The Morgan fingerprint density at radius 3 is 2.36 bits per heavy atom. The maximum Gasteiger partial charge on any atom is 0.266 e. The molecule has 0 radical (unpaired) electrons. The van der Waals surface area contributed by atoms with Crippen LogP contribution in [0.15, 0.2) is 84.4 Å². The molecule has 10 nitrogen and oxygen atoms in total. The van der Waals surface area contributed by atoms with Crippen molar-refractivity contribution >= 4 is 11.8 Å². The Labute approximate surface area is 245 Å². The highest BCUT2D eigenvalue weighted by Crippen LogP contribution is 2.43. The lowest BCUT2D eigenvalue weighted by Gasteiger charge is -2.30. The monoisotopic (exact) mass is 575 g/mol. The molecule has 0 spiro atoms. The quantitative estimate of drug-likeness (QED) is 0.141. The molecule has 222 valence electrons. The molecule has 0 aromatic heterocycles. The summed E-state index contributed by atoms with van der Waals surface area (Å²) in [4.78, 5) is 18.9. The lowest BCUT2D eigenvalue weighted by molar-refractivity contribution is -0.129. The predicted molar refractivity (Wildman–Crippen MR) is 159 cm³/mol. The Balaban J connectivity index is 1.62. The number of aliphatic hydroxyl groups is 1. The standard InChI is InChI=1S/C32H37N3O7/c1-5-14-32(31(37)35-33-21-22-17-27(39-3)20-28(18-22)40-4)29(24-8-6-9-26(19-24)38-2)42-30(34-32)23-10-12-25(13-11-23)41-16-7-15-36/h5-6,8-13,17-20,29,33,36H,1,7,14-16,21H2,2-4H3,(H,35,37)/t29-,32-/m0/s1. The van der Waals surface area contributed by atoms with Crippen LogP contribution in [0, 0.1) is 0 Å². The van der Waals surface area contributed by atoms with E-state index in [0.29, 0.717) is 54.0 Å². The van der Waals surface area contributed by atoms with Gasteiger partial charge in [0.15, 0.2) is 11.6 Å². The van der Waals surface area contributed by atoms with Crippen LogP contribution in [-0.4, -0.2) is 57.0 Å². The van der Waals surface area contributed by atoms with Crippen LogP contribution in [-0.2, 0) is 16.1 Å². The number of hydrogen-bond acceptors (Lipinski definition) is 9. The summed E-state index contributed by atoms with van der Waals surface area (Å²) in [5.41, 5.74) is 6.75. The summed E-state index contributed by atoms with van der Waals surface area (Å²) in [6.45, 7) is 4.69. The van der Waals surface area contributed by atoms with E-state index < -0.39 is 11.6 Å². The minimum atomic E-state index is -1.36. The number of aliphatic imine (C=N–C) groups is 1. The number of hydrogen-bond donors (Lipinski definition) is 3. The van der Waals surface area contributed by atoms with E-state index in [1.54, 1.807) is 45.6 Å². The molecule has 4 rings (SSSR count). The molecule has 10 heteroatoms. The normalized spacial score (nSPS) is 17.5. The van der Waals surface area contributed by atoms with Gasteiger partial charge in [0.1, 0.15) is 23.0 Å². The van der Waals surface area contributed by atoms with Gasteiger partial charge in [-0.3, -0.25) is 10.2 Å². The molecule has 1 heterocycles. The van der Waals surface area contributed by atoms with Crippen molar-refractivity contribution in [2.45, 2.75) is 31.0 Å². The van der Waals surface area contributed by atoms with Crippen LogP contribution in [0.2, 0.25) is 0 Å². The molecule has 0 saturated carbocycles. The third-order valence-electron chi connectivity index (χ3n) is 6.79. The smallest absolute Gasteiger partial charge is 0.266 e. The van der Waals surface area contributed by atoms with Gasteiger partial charge < -0.3 is 28.8 Å². The summed E-state index contributed by atoms with van der Waals surface area (Å²) < 4.78 is 28.2. The zero-order chi connectivity index (χ0) is 30.0. The fraction of sp³-hybridized carbons (Fsp3) is 0.312. The van der Waals surface area contributed by atoms with Crippen molar-refractivity contribution in [3.8, 4) is 23.0 Å².